The van der Waals surface area contributed by atoms with Gasteiger partial charge in [0, 0.05) is 23.8 Å². The van der Waals surface area contributed by atoms with Gasteiger partial charge in [-0.1, -0.05) is 31.2 Å². The van der Waals surface area contributed by atoms with Gasteiger partial charge in [-0.3, -0.25) is 9.78 Å². The van der Waals surface area contributed by atoms with E-state index in [-0.39, 0.29) is 11.7 Å². The first-order chi connectivity index (χ1) is 11.6. The highest BCUT2D eigenvalue weighted by atomic mass is 16.3. The van der Waals surface area contributed by atoms with Crippen molar-refractivity contribution in [1.29, 1.82) is 0 Å². The summed E-state index contributed by atoms with van der Waals surface area (Å²) in [5.74, 6) is 0.244. The number of para-hydroxylation sites is 1. The first-order valence-electron chi connectivity index (χ1n) is 8.13. The van der Waals surface area contributed by atoms with E-state index in [1.54, 1.807) is 23.2 Å². The normalized spacial score (nSPS) is 16.9. The smallest absolute Gasteiger partial charge is 0.262 e. The Morgan fingerprint density at radius 1 is 1.21 bits per heavy atom. The fraction of sp³-hybridized carbons (Fsp3) is 0.200. The van der Waals surface area contributed by atoms with Crippen molar-refractivity contribution in [3.63, 3.8) is 0 Å². The van der Waals surface area contributed by atoms with Gasteiger partial charge in [-0.15, -0.1) is 0 Å². The molecule has 1 amide bonds. The van der Waals surface area contributed by atoms with E-state index in [9.17, 15) is 9.90 Å². The van der Waals surface area contributed by atoms with Crippen molar-refractivity contribution in [3.05, 3.63) is 65.9 Å². The SMILES string of the molecule is CC1CCN(C(=O)c2cc3ncccc3cc2O)c2ccccc21. The Kier molecular flexibility index (Phi) is 3.45. The molecule has 0 aliphatic carbocycles. The van der Waals surface area contributed by atoms with Gasteiger partial charge in [0.15, 0.2) is 0 Å². The van der Waals surface area contributed by atoms with E-state index in [4.69, 9.17) is 0 Å². The van der Waals surface area contributed by atoms with Crippen LogP contribution in [-0.4, -0.2) is 22.5 Å². The fourth-order valence-corrected chi connectivity index (χ4v) is 3.38. The Balaban J connectivity index is 1.80. The quantitative estimate of drug-likeness (QED) is 0.735. The monoisotopic (exact) mass is 318 g/mol. The zero-order valence-corrected chi connectivity index (χ0v) is 13.4. The summed E-state index contributed by atoms with van der Waals surface area (Å²) >= 11 is 0. The van der Waals surface area contributed by atoms with Gasteiger partial charge in [0.2, 0.25) is 0 Å². The number of amides is 1. The minimum absolute atomic E-state index is 0.00315. The minimum Gasteiger partial charge on any atom is -0.507 e. The number of aromatic nitrogens is 1. The van der Waals surface area contributed by atoms with Gasteiger partial charge in [-0.2, -0.15) is 0 Å². The van der Waals surface area contributed by atoms with Crippen LogP contribution in [0.5, 0.6) is 5.75 Å². The van der Waals surface area contributed by atoms with Crippen LogP contribution in [0.25, 0.3) is 10.9 Å². The maximum atomic E-state index is 13.1. The van der Waals surface area contributed by atoms with Crippen molar-refractivity contribution in [2.24, 2.45) is 0 Å². The predicted molar refractivity (Wildman–Crippen MR) is 94.6 cm³/mol. The molecule has 0 bridgehead atoms. The molecule has 1 aliphatic heterocycles. The third-order valence-electron chi connectivity index (χ3n) is 4.74. The lowest BCUT2D eigenvalue weighted by atomic mass is 9.91. The number of carbonyl (C=O) groups is 1. The maximum absolute atomic E-state index is 13.1. The van der Waals surface area contributed by atoms with E-state index in [0.29, 0.717) is 23.5 Å². The molecule has 4 nitrogen and oxygen atoms in total. The molecule has 2 aromatic carbocycles. The third-order valence-corrected chi connectivity index (χ3v) is 4.74. The number of phenols is 1. The first kappa shape index (κ1) is 14.7. The number of hydrogen-bond donors (Lipinski definition) is 1. The zero-order valence-electron chi connectivity index (χ0n) is 13.4. The summed E-state index contributed by atoms with van der Waals surface area (Å²) in [5.41, 5.74) is 3.11. The average molecular weight is 318 g/mol. The summed E-state index contributed by atoms with van der Waals surface area (Å²) in [6, 6.07) is 14.9. The molecule has 120 valence electrons. The van der Waals surface area contributed by atoms with Gasteiger partial charge >= 0.3 is 0 Å². The van der Waals surface area contributed by atoms with Crippen LogP contribution in [0.1, 0.15) is 35.2 Å². The number of fused-ring (bicyclic) bond motifs is 2. The number of rotatable bonds is 1. The number of aromatic hydroxyl groups is 1. The molecule has 0 saturated carbocycles. The molecule has 0 saturated heterocycles. The Hall–Kier alpha value is -2.88. The topological polar surface area (TPSA) is 53.4 Å². The van der Waals surface area contributed by atoms with Crippen LogP contribution >= 0.6 is 0 Å². The minimum atomic E-state index is -0.181. The lowest BCUT2D eigenvalue weighted by Gasteiger charge is -2.33. The molecule has 4 heteroatoms. The second kappa shape index (κ2) is 5.64. The lowest BCUT2D eigenvalue weighted by molar-refractivity contribution is 0.0982. The molecule has 1 N–H and O–H groups in total. The van der Waals surface area contributed by atoms with E-state index in [1.807, 2.05) is 30.3 Å². The van der Waals surface area contributed by atoms with E-state index >= 15 is 0 Å². The Morgan fingerprint density at radius 2 is 2.04 bits per heavy atom. The number of phenolic OH excluding ortho intramolecular Hbond substituents is 1. The number of nitrogens with zero attached hydrogens (tertiary/aromatic N) is 2. The second-order valence-electron chi connectivity index (χ2n) is 6.27. The number of carbonyl (C=O) groups excluding carboxylic acids is 1. The average Bonchev–Trinajstić information content (AvgIpc) is 2.61. The van der Waals surface area contributed by atoms with E-state index in [0.717, 1.165) is 17.5 Å². The van der Waals surface area contributed by atoms with Crippen LogP contribution in [0.2, 0.25) is 0 Å². The van der Waals surface area contributed by atoms with Gasteiger partial charge in [0.05, 0.1) is 11.1 Å². The summed E-state index contributed by atoms with van der Waals surface area (Å²) in [4.78, 5) is 19.1. The number of anilines is 1. The highest BCUT2D eigenvalue weighted by Crippen LogP contribution is 2.36. The highest BCUT2D eigenvalue weighted by Gasteiger charge is 2.28. The Labute approximate surface area is 140 Å². The summed E-state index contributed by atoms with van der Waals surface area (Å²) in [6.45, 7) is 2.83. The number of pyridine rings is 1. The van der Waals surface area contributed by atoms with Crippen molar-refractivity contribution in [2.75, 3.05) is 11.4 Å². The van der Waals surface area contributed by atoms with Crippen LogP contribution < -0.4 is 4.90 Å². The molecule has 1 unspecified atom stereocenters. The highest BCUT2D eigenvalue weighted by molar-refractivity contribution is 6.10. The molecule has 2 heterocycles. The summed E-state index contributed by atoms with van der Waals surface area (Å²) < 4.78 is 0. The summed E-state index contributed by atoms with van der Waals surface area (Å²) in [5, 5.41) is 11.2. The molecule has 1 atom stereocenters. The largest absolute Gasteiger partial charge is 0.507 e. The van der Waals surface area contributed by atoms with Crippen LogP contribution in [-0.2, 0) is 0 Å². The number of benzene rings is 2. The number of hydrogen-bond acceptors (Lipinski definition) is 3. The van der Waals surface area contributed by atoms with E-state index in [1.165, 1.54) is 5.56 Å². The van der Waals surface area contributed by atoms with Gasteiger partial charge in [0.25, 0.3) is 5.91 Å². The van der Waals surface area contributed by atoms with E-state index < -0.39 is 0 Å². The molecular formula is C20H18N2O2. The molecular weight excluding hydrogens is 300 g/mol. The van der Waals surface area contributed by atoms with Gasteiger partial charge < -0.3 is 10.0 Å². The second-order valence-corrected chi connectivity index (χ2v) is 6.27. The van der Waals surface area contributed by atoms with Crippen molar-refractivity contribution in [3.8, 4) is 5.75 Å². The van der Waals surface area contributed by atoms with Crippen molar-refractivity contribution < 1.29 is 9.90 Å². The lowest BCUT2D eigenvalue weighted by Crippen LogP contribution is -2.36. The molecule has 0 fully saturated rings. The molecule has 0 spiro atoms. The Morgan fingerprint density at radius 3 is 2.92 bits per heavy atom. The first-order valence-corrected chi connectivity index (χ1v) is 8.13. The summed E-state index contributed by atoms with van der Waals surface area (Å²) in [6.07, 6.45) is 2.60. The van der Waals surface area contributed by atoms with Crippen LogP contribution in [0.4, 0.5) is 5.69 Å². The van der Waals surface area contributed by atoms with E-state index in [2.05, 4.69) is 18.0 Å². The molecule has 0 radical (unpaired) electrons. The van der Waals surface area contributed by atoms with Crippen molar-refractivity contribution in [1.82, 2.24) is 4.98 Å². The molecule has 1 aliphatic rings. The van der Waals surface area contributed by atoms with Crippen LogP contribution in [0.3, 0.4) is 0 Å². The maximum Gasteiger partial charge on any atom is 0.262 e. The van der Waals surface area contributed by atoms with Crippen LogP contribution in [0, 0.1) is 0 Å². The van der Waals surface area contributed by atoms with Crippen molar-refractivity contribution >= 4 is 22.5 Å². The standard InChI is InChI=1S/C20H18N2O2/c1-13-8-10-22(18-7-3-2-6-15(13)18)20(24)16-12-17-14(11-19(16)23)5-4-9-21-17/h2-7,9,11-13,23H,8,10H2,1H3. The molecule has 24 heavy (non-hydrogen) atoms. The van der Waals surface area contributed by atoms with Gasteiger partial charge in [-0.25, -0.2) is 0 Å². The van der Waals surface area contributed by atoms with Crippen LogP contribution in [0.15, 0.2) is 54.7 Å². The summed E-state index contributed by atoms with van der Waals surface area (Å²) in [7, 11) is 0. The Bertz CT molecular complexity index is 936. The van der Waals surface area contributed by atoms with Gasteiger partial charge in [0.1, 0.15) is 5.75 Å². The molecule has 3 aromatic rings. The molecule has 1 aromatic heterocycles. The molecule has 4 rings (SSSR count). The fourth-order valence-electron chi connectivity index (χ4n) is 3.38. The predicted octanol–water partition coefficient (Wildman–Crippen LogP) is 4.09. The third kappa shape index (κ3) is 2.31. The van der Waals surface area contributed by atoms with Crippen molar-refractivity contribution in [2.45, 2.75) is 19.3 Å². The zero-order chi connectivity index (χ0) is 16.7. The van der Waals surface area contributed by atoms with Gasteiger partial charge in [-0.05, 0) is 42.2 Å².